The van der Waals surface area contributed by atoms with Gasteiger partial charge in [0.15, 0.2) is 0 Å². The van der Waals surface area contributed by atoms with Crippen molar-refractivity contribution >= 4 is 39.9 Å². The zero-order valence-electron chi connectivity index (χ0n) is 10.9. The van der Waals surface area contributed by atoms with Crippen LogP contribution in [0.5, 0.6) is 0 Å². The molecule has 104 valence electrons. The van der Waals surface area contributed by atoms with Gasteiger partial charge in [0.25, 0.3) is 0 Å². The van der Waals surface area contributed by atoms with Crippen LogP contribution in [0.15, 0.2) is 48.5 Å². The van der Waals surface area contributed by atoms with Crippen LogP contribution in [0, 0.1) is 9.39 Å². The van der Waals surface area contributed by atoms with Crippen LogP contribution in [-0.2, 0) is 4.79 Å². The van der Waals surface area contributed by atoms with Gasteiger partial charge >= 0.3 is 0 Å². The number of halogens is 2. The van der Waals surface area contributed by atoms with E-state index in [9.17, 15) is 9.18 Å². The van der Waals surface area contributed by atoms with E-state index in [1.165, 1.54) is 12.1 Å². The fraction of sp³-hybridized carbons (Fsp3) is 0.133. The number of benzene rings is 2. The molecule has 0 aromatic heterocycles. The lowest BCUT2D eigenvalue weighted by Crippen LogP contribution is -2.31. The average Bonchev–Trinajstić information content (AvgIpc) is 2.41. The summed E-state index contributed by atoms with van der Waals surface area (Å²) in [5, 5.41) is 5.77. The van der Waals surface area contributed by atoms with E-state index in [4.69, 9.17) is 0 Å². The molecule has 1 atom stereocenters. The molecular formula is C15H14FIN2O. The maximum atomic E-state index is 13.0. The molecule has 0 aliphatic rings. The fourth-order valence-electron chi connectivity index (χ4n) is 1.68. The number of hydrogen-bond donors (Lipinski definition) is 2. The van der Waals surface area contributed by atoms with Crippen LogP contribution < -0.4 is 10.6 Å². The minimum Gasteiger partial charge on any atom is -0.374 e. The summed E-state index contributed by atoms with van der Waals surface area (Å²) in [6.07, 6.45) is 0. The van der Waals surface area contributed by atoms with E-state index in [1.54, 1.807) is 19.1 Å². The molecule has 2 N–H and O–H groups in total. The Labute approximate surface area is 130 Å². The van der Waals surface area contributed by atoms with Crippen molar-refractivity contribution in [2.24, 2.45) is 0 Å². The first-order valence-electron chi connectivity index (χ1n) is 6.13. The van der Waals surface area contributed by atoms with Crippen LogP contribution in [0.2, 0.25) is 0 Å². The van der Waals surface area contributed by atoms with E-state index in [-0.39, 0.29) is 11.7 Å². The molecule has 0 radical (unpaired) electrons. The summed E-state index contributed by atoms with van der Waals surface area (Å²) in [7, 11) is 0. The lowest BCUT2D eigenvalue weighted by molar-refractivity contribution is -0.116. The van der Waals surface area contributed by atoms with E-state index in [1.807, 2.05) is 24.3 Å². The largest absolute Gasteiger partial charge is 0.374 e. The lowest BCUT2D eigenvalue weighted by Gasteiger charge is -2.15. The molecule has 1 amide bonds. The van der Waals surface area contributed by atoms with Crippen molar-refractivity contribution in [2.45, 2.75) is 13.0 Å². The second-order valence-corrected chi connectivity index (χ2v) is 5.62. The van der Waals surface area contributed by atoms with Crippen LogP contribution >= 0.6 is 22.6 Å². The molecule has 2 aromatic carbocycles. The Hall–Kier alpha value is -1.63. The van der Waals surface area contributed by atoms with Gasteiger partial charge in [0.2, 0.25) is 5.91 Å². The first-order chi connectivity index (χ1) is 9.54. The maximum Gasteiger partial charge on any atom is 0.246 e. The standard InChI is InChI=1S/C15H14FIN2O/c1-10(18-13-7-5-12(17)6-8-13)15(20)19-14-4-2-3-11(16)9-14/h2-10,18H,1H3,(H,19,20)/t10-/m1/s1. The summed E-state index contributed by atoms with van der Waals surface area (Å²) < 4.78 is 14.2. The summed E-state index contributed by atoms with van der Waals surface area (Å²) >= 11 is 2.22. The van der Waals surface area contributed by atoms with Gasteiger partial charge in [0.05, 0.1) is 0 Å². The monoisotopic (exact) mass is 384 g/mol. The van der Waals surface area contributed by atoms with Crippen molar-refractivity contribution in [3.05, 3.63) is 57.9 Å². The van der Waals surface area contributed by atoms with Crippen molar-refractivity contribution in [1.82, 2.24) is 0 Å². The molecule has 20 heavy (non-hydrogen) atoms. The van der Waals surface area contributed by atoms with Gasteiger partial charge in [0.1, 0.15) is 11.9 Å². The smallest absolute Gasteiger partial charge is 0.246 e. The number of anilines is 2. The Morgan fingerprint density at radius 2 is 1.85 bits per heavy atom. The molecule has 0 bridgehead atoms. The highest BCUT2D eigenvalue weighted by atomic mass is 127. The Morgan fingerprint density at radius 1 is 1.15 bits per heavy atom. The van der Waals surface area contributed by atoms with E-state index in [2.05, 4.69) is 33.2 Å². The van der Waals surface area contributed by atoms with Crippen molar-refractivity contribution in [2.75, 3.05) is 10.6 Å². The zero-order chi connectivity index (χ0) is 14.5. The topological polar surface area (TPSA) is 41.1 Å². The van der Waals surface area contributed by atoms with E-state index < -0.39 is 6.04 Å². The average molecular weight is 384 g/mol. The maximum absolute atomic E-state index is 13.0. The highest BCUT2D eigenvalue weighted by molar-refractivity contribution is 14.1. The molecule has 0 heterocycles. The van der Waals surface area contributed by atoms with Gasteiger partial charge in [0, 0.05) is 14.9 Å². The number of amides is 1. The van der Waals surface area contributed by atoms with E-state index in [0.29, 0.717) is 5.69 Å². The molecule has 0 aliphatic carbocycles. The molecular weight excluding hydrogens is 370 g/mol. The van der Waals surface area contributed by atoms with Crippen LogP contribution in [-0.4, -0.2) is 11.9 Å². The first-order valence-corrected chi connectivity index (χ1v) is 7.21. The molecule has 0 aliphatic heterocycles. The van der Waals surface area contributed by atoms with Gasteiger partial charge in [-0.3, -0.25) is 4.79 Å². The molecule has 0 saturated heterocycles. The number of carbonyl (C=O) groups is 1. The minimum atomic E-state index is -0.418. The third kappa shape index (κ3) is 4.19. The Bertz CT molecular complexity index is 601. The van der Waals surface area contributed by atoms with Crippen molar-refractivity contribution < 1.29 is 9.18 Å². The van der Waals surface area contributed by atoms with Crippen LogP contribution in [0.4, 0.5) is 15.8 Å². The molecule has 2 aromatic rings. The van der Waals surface area contributed by atoms with Gasteiger partial charge in [-0.25, -0.2) is 4.39 Å². The second-order valence-electron chi connectivity index (χ2n) is 4.37. The van der Waals surface area contributed by atoms with Gasteiger partial charge in [-0.05, 0) is 72.0 Å². The summed E-state index contributed by atoms with van der Waals surface area (Å²) in [5.41, 5.74) is 1.32. The predicted molar refractivity (Wildman–Crippen MR) is 87.3 cm³/mol. The SMILES string of the molecule is C[C@@H](Nc1ccc(I)cc1)C(=O)Nc1cccc(F)c1. The van der Waals surface area contributed by atoms with Crippen molar-refractivity contribution in [1.29, 1.82) is 0 Å². The fourth-order valence-corrected chi connectivity index (χ4v) is 2.04. The third-order valence-corrected chi connectivity index (χ3v) is 3.43. The zero-order valence-corrected chi connectivity index (χ0v) is 13.0. The Kier molecular flexibility index (Phi) is 4.94. The van der Waals surface area contributed by atoms with Gasteiger partial charge in [-0.1, -0.05) is 6.07 Å². The second kappa shape index (κ2) is 6.69. The van der Waals surface area contributed by atoms with Crippen LogP contribution in [0.25, 0.3) is 0 Å². The van der Waals surface area contributed by atoms with Crippen LogP contribution in [0.3, 0.4) is 0 Å². The Balaban J connectivity index is 1.96. The van der Waals surface area contributed by atoms with Crippen molar-refractivity contribution in [3.8, 4) is 0 Å². The number of rotatable bonds is 4. The highest BCUT2D eigenvalue weighted by Crippen LogP contribution is 2.13. The summed E-state index contributed by atoms with van der Waals surface area (Å²) in [6, 6.07) is 13.2. The summed E-state index contributed by atoms with van der Waals surface area (Å²) in [4.78, 5) is 12.0. The van der Waals surface area contributed by atoms with Gasteiger partial charge in [-0.2, -0.15) is 0 Å². The molecule has 0 saturated carbocycles. The Morgan fingerprint density at radius 3 is 2.50 bits per heavy atom. The van der Waals surface area contributed by atoms with E-state index in [0.717, 1.165) is 9.26 Å². The molecule has 0 fully saturated rings. The molecule has 0 unspecified atom stereocenters. The first kappa shape index (κ1) is 14.8. The minimum absolute atomic E-state index is 0.214. The number of hydrogen-bond acceptors (Lipinski definition) is 2. The highest BCUT2D eigenvalue weighted by Gasteiger charge is 2.12. The van der Waals surface area contributed by atoms with E-state index >= 15 is 0 Å². The molecule has 5 heteroatoms. The van der Waals surface area contributed by atoms with Crippen molar-refractivity contribution in [3.63, 3.8) is 0 Å². The van der Waals surface area contributed by atoms with Crippen LogP contribution in [0.1, 0.15) is 6.92 Å². The molecule has 0 spiro atoms. The van der Waals surface area contributed by atoms with Gasteiger partial charge in [-0.15, -0.1) is 0 Å². The lowest BCUT2D eigenvalue weighted by atomic mass is 10.2. The molecule has 2 rings (SSSR count). The number of nitrogens with one attached hydrogen (secondary N) is 2. The third-order valence-electron chi connectivity index (χ3n) is 2.71. The predicted octanol–water partition coefficient (Wildman–Crippen LogP) is 3.87. The molecule has 3 nitrogen and oxygen atoms in total. The normalized spacial score (nSPS) is 11.8. The number of carbonyl (C=O) groups excluding carboxylic acids is 1. The summed E-state index contributed by atoms with van der Waals surface area (Å²) in [5.74, 6) is -0.588. The van der Waals surface area contributed by atoms with Gasteiger partial charge < -0.3 is 10.6 Å². The quantitative estimate of drug-likeness (QED) is 0.786. The summed E-state index contributed by atoms with van der Waals surface area (Å²) in [6.45, 7) is 1.76.